The molecule has 2 aliphatic heterocycles. The van der Waals surface area contributed by atoms with E-state index in [-0.39, 0.29) is 19.4 Å². The maximum atomic E-state index is 12.7. The van der Waals surface area contributed by atoms with E-state index < -0.39 is 104 Å². The third-order valence-electron chi connectivity index (χ3n) is 7.16. The van der Waals surface area contributed by atoms with Crippen molar-refractivity contribution in [2.45, 2.75) is 106 Å². The van der Waals surface area contributed by atoms with Gasteiger partial charge in [0.05, 0.1) is 38.6 Å². The number of nitrogens with one attached hydrogen (secondary N) is 1. The van der Waals surface area contributed by atoms with Gasteiger partial charge in [-0.05, 0) is 13.3 Å². The van der Waals surface area contributed by atoms with Gasteiger partial charge in [0.25, 0.3) is 5.79 Å². The molecule has 0 spiro atoms. The topological polar surface area (TPSA) is 251 Å². The molecule has 2 aliphatic rings. The van der Waals surface area contributed by atoms with E-state index >= 15 is 0 Å². The minimum atomic E-state index is -2.31. The van der Waals surface area contributed by atoms with Gasteiger partial charge in [0.15, 0.2) is 6.29 Å². The zero-order chi connectivity index (χ0) is 30.4. The Bertz CT molecular complexity index is 875. The summed E-state index contributed by atoms with van der Waals surface area (Å²) < 4.78 is 26.4. The molecule has 232 valence electrons. The van der Waals surface area contributed by atoms with E-state index in [1.807, 2.05) is 0 Å². The summed E-state index contributed by atoms with van der Waals surface area (Å²) in [6.07, 6.45) is -13.8. The van der Waals surface area contributed by atoms with Crippen LogP contribution in [0.5, 0.6) is 0 Å². The van der Waals surface area contributed by atoms with Crippen LogP contribution < -0.4 is 5.32 Å². The van der Waals surface area contributed by atoms with Crippen LogP contribution in [-0.4, -0.2) is 147 Å². The first kappa shape index (κ1) is 34.4. The van der Waals surface area contributed by atoms with Gasteiger partial charge in [-0.3, -0.25) is 9.59 Å². The van der Waals surface area contributed by atoms with Crippen molar-refractivity contribution < 1.29 is 73.8 Å². The van der Waals surface area contributed by atoms with Crippen LogP contribution in [0.1, 0.15) is 39.5 Å². The molecular formula is C24H41NO15. The second-order valence-electron chi connectivity index (χ2n) is 10.0. The number of rotatable bonds is 13. The average Bonchev–Trinajstić information content (AvgIpc) is 2.91. The van der Waals surface area contributed by atoms with E-state index in [0.717, 1.165) is 14.0 Å². The summed E-state index contributed by atoms with van der Waals surface area (Å²) in [7, 11) is 2.26. The molecule has 0 aromatic rings. The third kappa shape index (κ3) is 7.51. The standard InChI is InChI=1S/C24H41NO15/c1-11-23(35,20(33)18(32)21(36-3)39-11)8-13(28)6-5-7-38-24(22(34)37-4)9-14(29)16(25-12(2)27)19(40-24)17(31)15(30)10-26/h11,14-21,26,29-33,35H,5-10H2,1-4H3,(H,25,27)/t11?,14-,15+,16+,17+,18-,19+,20-,21+,23+,24+/m0/s1. The number of aliphatic hydroxyl groups is 7. The molecule has 2 fully saturated rings. The Morgan fingerprint density at radius 2 is 1.80 bits per heavy atom. The van der Waals surface area contributed by atoms with Crippen LogP contribution in [0.3, 0.4) is 0 Å². The molecule has 0 aliphatic carbocycles. The molecule has 8 N–H and O–H groups in total. The predicted molar refractivity (Wildman–Crippen MR) is 130 cm³/mol. The Kier molecular flexibility index (Phi) is 12.3. The zero-order valence-corrected chi connectivity index (χ0v) is 22.8. The van der Waals surface area contributed by atoms with Gasteiger partial charge in [0.2, 0.25) is 5.91 Å². The Labute approximate surface area is 230 Å². The quantitative estimate of drug-likeness (QED) is 0.0756. The van der Waals surface area contributed by atoms with Gasteiger partial charge in [-0.2, -0.15) is 0 Å². The van der Waals surface area contributed by atoms with E-state index in [2.05, 4.69) is 5.32 Å². The van der Waals surface area contributed by atoms with Gasteiger partial charge >= 0.3 is 5.97 Å². The Hall–Kier alpha value is -1.83. The maximum absolute atomic E-state index is 12.7. The Morgan fingerprint density at radius 3 is 2.35 bits per heavy atom. The highest BCUT2D eigenvalue weighted by atomic mass is 16.7. The molecule has 0 aromatic carbocycles. The van der Waals surface area contributed by atoms with Crippen molar-refractivity contribution >= 4 is 17.7 Å². The van der Waals surface area contributed by atoms with E-state index in [4.69, 9.17) is 23.7 Å². The molecule has 0 aromatic heterocycles. The number of ketones is 1. The lowest BCUT2D eigenvalue weighted by atomic mass is 9.80. The molecule has 16 nitrogen and oxygen atoms in total. The lowest BCUT2D eigenvalue weighted by Gasteiger charge is -2.47. The smallest absolute Gasteiger partial charge is 0.366 e. The van der Waals surface area contributed by atoms with Crippen LogP contribution in [0.15, 0.2) is 0 Å². The summed E-state index contributed by atoms with van der Waals surface area (Å²) in [6, 6.07) is -1.29. The predicted octanol–water partition coefficient (Wildman–Crippen LogP) is -4.18. The Morgan fingerprint density at radius 1 is 1.15 bits per heavy atom. The molecule has 40 heavy (non-hydrogen) atoms. The lowest BCUT2D eigenvalue weighted by molar-refractivity contribution is -0.318. The van der Waals surface area contributed by atoms with E-state index in [9.17, 15) is 50.1 Å². The number of carbonyl (C=O) groups is 3. The number of carbonyl (C=O) groups excluding carboxylic acids is 3. The fraction of sp³-hybridized carbons (Fsp3) is 0.875. The van der Waals surface area contributed by atoms with Crippen LogP contribution in [0.2, 0.25) is 0 Å². The maximum Gasteiger partial charge on any atom is 0.366 e. The molecule has 2 heterocycles. The third-order valence-corrected chi connectivity index (χ3v) is 7.16. The van der Waals surface area contributed by atoms with Crippen LogP contribution >= 0.6 is 0 Å². The van der Waals surface area contributed by atoms with Crippen LogP contribution in [0.25, 0.3) is 0 Å². The van der Waals surface area contributed by atoms with Gasteiger partial charge in [0.1, 0.15) is 41.9 Å². The molecule has 2 saturated heterocycles. The van der Waals surface area contributed by atoms with Crippen molar-refractivity contribution in [2.24, 2.45) is 0 Å². The van der Waals surface area contributed by atoms with Crippen molar-refractivity contribution in [1.82, 2.24) is 5.32 Å². The summed E-state index contributed by atoms with van der Waals surface area (Å²) >= 11 is 0. The van der Waals surface area contributed by atoms with Crippen LogP contribution in [0.4, 0.5) is 0 Å². The van der Waals surface area contributed by atoms with Crippen molar-refractivity contribution in [2.75, 3.05) is 27.4 Å². The van der Waals surface area contributed by atoms with Crippen LogP contribution in [0, 0.1) is 0 Å². The van der Waals surface area contributed by atoms with Gasteiger partial charge in [0, 0.05) is 33.3 Å². The van der Waals surface area contributed by atoms with Crippen LogP contribution in [-0.2, 0) is 38.1 Å². The number of hydrogen-bond acceptors (Lipinski definition) is 15. The minimum absolute atomic E-state index is 0.0384. The number of amides is 1. The molecule has 1 amide bonds. The molecule has 0 radical (unpaired) electrons. The normalized spacial score (nSPS) is 37.8. The molecular weight excluding hydrogens is 542 g/mol. The molecule has 16 heteroatoms. The summed E-state index contributed by atoms with van der Waals surface area (Å²) in [5.74, 6) is -4.57. The second-order valence-corrected chi connectivity index (χ2v) is 10.0. The van der Waals surface area contributed by atoms with Crippen molar-refractivity contribution in [1.29, 1.82) is 0 Å². The molecule has 11 atom stereocenters. The fourth-order valence-electron chi connectivity index (χ4n) is 4.86. The minimum Gasteiger partial charge on any atom is -0.465 e. The van der Waals surface area contributed by atoms with E-state index in [1.54, 1.807) is 0 Å². The first-order valence-corrected chi connectivity index (χ1v) is 12.8. The first-order valence-electron chi connectivity index (χ1n) is 12.8. The summed E-state index contributed by atoms with van der Waals surface area (Å²) in [6.45, 7) is 1.33. The number of aliphatic hydroxyl groups excluding tert-OH is 6. The number of methoxy groups -OCH3 is 2. The van der Waals surface area contributed by atoms with Crippen molar-refractivity contribution in [3.8, 4) is 0 Å². The monoisotopic (exact) mass is 583 g/mol. The highest BCUT2D eigenvalue weighted by Gasteiger charge is 2.56. The zero-order valence-electron chi connectivity index (χ0n) is 22.8. The number of hydrogen-bond donors (Lipinski definition) is 8. The second kappa shape index (κ2) is 14.4. The molecule has 1 unspecified atom stereocenters. The highest BCUT2D eigenvalue weighted by molar-refractivity contribution is 5.80. The summed E-state index contributed by atoms with van der Waals surface area (Å²) in [5, 5.41) is 74.3. The van der Waals surface area contributed by atoms with Gasteiger partial charge in [-0.15, -0.1) is 0 Å². The summed E-state index contributed by atoms with van der Waals surface area (Å²) in [5.41, 5.74) is -2.11. The SMILES string of the molecule is COC(=O)[C@@]1(OCCCC(=O)C[C@@]2(O)C(C)O[C@@H](OC)[C@@H](O)[C@@H]2O)C[C@H](O)[C@@H](NC(C)=O)[C@H]([C@H](O)[C@H](O)CO)O1. The van der Waals surface area contributed by atoms with Gasteiger partial charge < -0.3 is 64.7 Å². The molecule has 2 rings (SSSR count). The number of Topliss-reactive ketones (excluding diaryl/α,β-unsaturated/α-hetero) is 1. The van der Waals surface area contributed by atoms with E-state index in [1.165, 1.54) is 14.0 Å². The first-order chi connectivity index (χ1) is 18.7. The lowest BCUT2D eigenvalue weighted by Crippen LogP contribution is -2.68. The van der Waals surface area contributed by atoms with Crippen molar-refractivity contribution in [3.05, 3.63) is 0 Å². The largest absolute Gasteiger partial charge is 0.465 e. The average molecular weight is 584 g/mol. The van der Waals surface area contributed by atoms with Gasteiger partial charge in [-0.25, -0.2) is 4.79 Å². The molecule has 0 saturated carbocycles. The fourth-order valence-corrected chi connectivity index (χ4v) is 4.86. The number of ether oxygens (including phenoxy) is 5. The van der Waals surface area contributed by atoms with Gasteiger partial charge in [-0.1, -0.05) is 0 Å². The van der Waals surface area contributed by atoms with E-state index in [0.29, 0.717) is 0 Å². The van der Waals surface area contributed by atoms with Crippen molar-refractivity contribution in [3.63, 3.8) is 0 Å². The Balaban J connectivity index is 2.10. The highest BCUT2D eigenvalue weighted by Crippen LogP contribution is 2.35. The summed E-state index contributed by atoms with van der Waals surface area (Å²) in [4.78, 5) is 37.0. The number of esters is 1. The molecule has 0 bridgehead atoms.